The molecule has 156 valence electrons. The highest BCUT2D eigenvalue weighted by atomic mass is 35.5. The number of rotatable bonds is 5. The van der Waals surface area contributed by atoms with Crippen LogP contribution in [0.1, 0.15) is 28.1 Å². The van der Waals surface area contributed by atoms with Gasteiger partial charge in [-0.3, -0.25) is 4.79 Å². The highest BCUT2D eigenvalue weighted by Crippen LogP contribution is 2.29. The lowest BCUT2D eigenvalue weighted by molar-refractivity contribution is -0.137. The summed E-state index contributed by atoms with van der Waals surface area (Å²) in [7, 11) is 0. The summed E-state index contributed by atoms with van der Waals surface area (Å²) in [6.45, 7) is 3.86. The van der Waals surface area contributed by atoms with E-state index < -0.39 is 17.6 Å². The van der Waals surface area contributed by atoms with Gasteiger partial charge in [-0.1, -0.05) is 35.9 Å². The normalized spacial score (nSPS) is 11.8. The molecule has 0 fully saturated rings. The molecule has 1 heterocycles. The van der Waals surface area contributed by atoms with Crippen molar-refractivity contribution in [1.29, 1.82) is 0 Å². The number of halogens is 4. The van der Waals surface area contributed by atoms with E-state index in [2.05, 4.69) is 10.5 Å². The van der Waals surface area contributed by atoms with Gasteiger partial charge in [0.1, 0.15) is 0 Å². The predicted molar refractivity (Wildman–Crippen MR) is 111 cm³/mol. The van der Waals surface area contributed by atoms with Crippen LogP contribution < -0.4 is 5.43 Å². The second-order valence-corrected chi connectivity index (χ2v) is 7.25. The number of nitrogens with one attached hydrogen (secondary N) is 1. The van der Waals surface area contributed by atoms with E-state index in [1.807, 2.05) is 42.7 Å². The highest BCUT2D eigenvalue weighted by molar-refractivity contribution is 6.30. The lowest BCUT2D eigenvalue weighted by Gasteiger charge is -2.09. The Morgan fingerprint density at radius 1 is 1.13 bits per heavy atom. The number of benzene rings is 2. The molecular weight excluding hydrogens is 415 g/mol. The number of hydrogen-bond donors (Lipinski definition) is 1. The van der Waals surface area contributed by atoms with E-state index in [1.54, 1.807) is 6.07 Å². The van der Waals surface area contributed by atoms with Gasteiger partial charge in [0, 0.05) is 27.7 Å². The molecule has 0 saturated carbocycles. The number of aromatic nitrogens is 1. The second kappa shape index (κ2) is 8.75. The monoisotopic (exact) mass is 433 g/mol. The minimum absolute atomic E-state index is 0.206. The van der Waals surface area contributed by atoms with Crippen molar-refractivity contribution in [1.82, 2.24) is 9.99 Å². The van der Waals surface area contributed by atoms with Crippen molar-refractivity contribution in [3.05, 3.63) is 87.7 Å². The zero-order chi connectivity index (χ0) is 21.9. The van der Waals surface area contributed by atoms with Crippen molar-refractivity contribution in [2.24, 2.45) is 5.10 Å². The first-order valence-electron chi connectivity index (χ1n) is 9.08. The van der Waals surface area contributed by atoms with Gasteiger partial charge in [-0.05, 0) is 49.7 Å². The fourth-order valence-electron chi connectivity index (χ4n) is 3.19. The molecule has 0 spiro atoms. The highest BCUT2D eigenvalue weighted by Gasteiger charge is 2.30. The van der Waals surface area contributed by atoms with Crippen LogP contribution in [-0.4, -0.2) is 16.7 Å². The predicted octanol–water partition coefficient (Wildman–Crippen LogP) is 5.46. The molecule has 1 aromatic heterocycles. The molecule has 0 saturated heterocycles. The van der Waals surface area contributed by atoms with Crippen molar-refractivity contribution in [3.63, 3.8) is 0 Å². The number of nitrogens with zero attached hydrogens (tertiary/aromatic N) is 2. The Hall–Kier alpha value is -3.06. The fourth-order valence-corrected chi connectivity index (χ4v) is 3.37. The summed E-state index contributed by atoms with van der Waals surface area (Å²) in [5.41, 5.74) is 5.41. The van der Waals surface area contributed by atoms with E-state index >= 15 is 0 Å². The van der Waals surface area contributed by atoms with Gasteiger partial charge in [0.2, 0.25) is 5.91 Å². The Kier molecular flexibility index (Phi) is 6.31. The van der Waals surface area contributed by atoms with Crippen LogP contribution in [0.4, 0.5) is 13.2 Å². The van der Waals surface area contributed by atoms with Gasteiger partial charge in [-0.2, -0.15) is 18.3 Å². The van der Waals surface area contributed by atoms with Gasteiger partial charge < -0.3 is 4.57 Å². The zero-order valence-electron chi connectivity index (χ0n) is 16.3. The number of hydrogen-bond acceptors (Lipinski definition) is 2. The van der Waals surface area contributed by atoms with Gasteiger partial charge in [0.25, 0.3) is 0 Å². The molecule has 4 nitrogen and oxygen atoms in total. The van der Waals surface area contributed by atoms with Crippen LogP contribution in [0.15, 0.2) is 59.7 Å². The Balaban J connectivity index is 1.69. The molecule has 0 unspecified atom stereocenters. The van der Waals surface area contributed by atoms with E-state index in [4.69, 9.17) is 11.6 Å². The van der Waals surface area contributed by atoms with E-state index in [-0.39, 0.29) is 12.0 Å². The van der Waals surface area contributed by atoms with Crippen molar-refractivity contribution >= 4 is 23.7 Å². The molecule has 0 radical (unpaired) electrons. The molecule has 0 atom stereocenters. The van der Waals surface area contributed by atoms with Crippen molar-refractivity contribution in [2.75, 3.05) is 0 Å². The van der Waals surface area contributed by atoms with Gasteiger partial charge in [-0.15, -0.1) is 0 Å². The second-order valence-electron chi connectivity index (χ2n) is 6.81. The third-order valence-corrected chi connectivity index (χ3v) is 4.78. The van der Waals surface area contributed by atoms with E-state index in [0.29, 0.717) is 5.02 Å². The molecule has 0 bridgehead atoms. The van der Waals surface area contributed by atoms with Crippen molar-refractivity contribution < 1.29 is 18.0 Å². The average Bonchev–Trinajstić information content (AvgIpc) is 2.94. The summed E-state index contributed by atoms with van der Waals surface area (Å²) < 4.78 is 40.3. The largest absolute Gasteiger partial charge is 0.416 e. The van der Waals surface area contributed by atoms with Crippen LogP contribution in [-0.2, 0) is 17.4 Å². The van der Waals surface area contributed by atoms with Gasteiger partial charge >= 0.3 is 6.18 Å². The summed E-state index contributed by atoms with van der Waals surface area (Å²) >= 11 is 6.08. The first-order chi connectivity index (χ1) is 14.1. The molecule has 1 amide bonds. The SMILES string of the molecule is Cc1cc(/C=N/NC(=O)Cc2cccc(C(F)(F)F)c2)c(C)n1-c1cccc(Cl)c1. The van der Waals surface area contributed by atoms with Crippen LogP contribution in [0.2, 0.25) is 5.02 Å². The summed E-state index contributed by atoms with van der Waals surface area (Å²) in [5, 5.41) is 4.57. The Labute approximate surface area is 177 Å². The van der Waals surface area contributed by atoms with Crippen LogP contribution in [0.25, 0.3) is 5.69 Å². The molecule has 1 N–H and O–H groups in total. The number of aryl methyl sites for hydroxylation is 1. The van der Waals surface area contributed by atoms with E-state index in [9.17, 15) is 18.0 Å². The third-order valence-electron chi connectivity index (χ3n) is 4.55. The van der Waals surface area contributed by atoms with Crippen molar-refractivity contribution in [3.8, 4) is 5.69 Å². The summed E-state index contributed by atoms with van der Waals surface area (Å²) in [6, 6.07) is 14.0. The van der Waals surface area contributed by atoms with Gasteiger partial charge in [0.05, 0.1) is 18.2 Å². The maximum Gasteiger partial charge on any atom is 0.416 e. The lowest BCUT2D eigenvalue weighted by atomic mass is 10.1. The zero-order valence-corrected chi connectivity index (χ0v) is 17.1. The first kappa shape index (κ1) is 21.6. The van der Waals surface area contributed by atoms with Crippen LogP contribution in [0.5, 0.6) is 0 Å². The molecular formula is C22H19ClF3N3O. The quantitative estimate of drug-likeness (QED) is 0.421. The molecule has 8 heteroatoms. The number of carbonyl (C=O) groups excluding carboxylic acids is 1. The summed E-state index contributed by atoms with van der Waals surface area (Å²) in [5.74, 6) is -0.505. The van der Waals surface area contributed by atoms with E-state index in [0.717, 1.165) is 34.8 Å². The van der Waals surface area contributed by atoms with Crippen LogP contribution in [0.3, 0.4) is 0 Å². The minimum Gasteiger partial charge on any atom is -0.318 e. The topological polar surface area (TPSA) is 46.4 Å². The number of amides is 1. The summed E-state index contributed by atoms with van der Waals surface area (Å²) in [6.07, 6.45) is -3.15. The average molecular weight is 434 g/mol. The third kappa shape index (κ3) is 5.10. The molecule has 0 aliphatic heterocycles. The molecule has 3 rings (SSSR count). The molecule has 0 aliphatic rings. The Morgan fingerprint density at radius 2 is 1.87 bits per heavy atom. The number of alkyl halides is 3. The number of hydrazone groups is 1. The molecule has 2 aromatic carbocycles. The van der Waals surface area contributed by atoms with Gasteiger partial charge in [0.15, 0.2) is 0 Å². The maximum atomic E-state index is 12.8. The Morgan fingerprint density at radius 3 is 2.57 bits per heavy atom. The molecule has 0 aliphatic carbocycles. The smallest absolute Gasteiger partial charge is 0.318 e. The van der Waals surface area contributed by atoms with Gasteiger partial charge in [-0.25, -0.2) is 5.43 Å². The van der Waals surface area contributed by atoms with E-state index in [1.165, 1.54) is 18.3 Å². The minimum atomic E-state index is -4.45. The summed E-state index contributed by atoms with van der Waals surface area (Å²) in [4.78, 5) is 12.1. The maximum absolute atomic E-state index is 12.8. The van der Waals surface area contributed by atoms with Crippen LogP contribution >= 0.6 is 11.6 Å². The standard InChI is InChI=1S/C22H19ClF3N3O/c1-14-9-17(15(2)29(14)20-8-4-7-19(23)12-20)13-27-28-21(30)11-16-5-3-6-18(10-16)22(24,25)26/h3-10,12-13H,11H2,1-2H3,(H,28,30)/b27-13+. The van der Waals surface area contributed by atoms with Crippen LogP contribution in [0, 0.1) is 13.8 Å². The lowest BCUT2D eigenvalue weighted by Crippen LogP contribution is -2.20. The molecule has 3 aromatic rings. The fraction of sp³-hybridized carbons (Fsp3) is 0.182. The Bertz CT molecular complexity index is 1100. The first-order valence-corrected chi connectivity index (χ1v) is 9.46. The number of carbonyl (C=O) groups is 1. The van der Waals surface area contributed by atoms with Crippen molar-refractivity contribution in [2.45, 2.75) is 26.4 Å². The molecule has 30 heavy (non-hydrogen) atoms.